The summed E-state index contributed by atoms with van der Waals surface area (Å²) in [7, 11) is 0. The fourth-order valence-corrected chi connectivity index (χ4v) is 1.16. The second-order valence-corrected chi connectivity index (χ2v) is 3.02. The number of carbonyl (C=O) groups is 1. The lowest BCUT2D eigenvalue weighted by Crippen LogP contribution is -2.03. The van der Waals surface area contributed by atoms with Gasteiger partial charge in [0.25, 0.3) is 0 Å². The van der Waals surface area contributed by atoms with Gasteiger partial charge in [0.05, 0.1) is 11.2 Å². The lowest BCUT2D eigenvalue weighted by molar-refractivity contribution is 0.0692. The average Bonchev–Trinajstić information content (AvgIpc) is 1.97. The molecule has 0 amide bonds. The molecule has 0 saturated carbocycles. The van der Waals surface area contributed by atoms with Gasteiger partial charge in [0.15, 0.2) is 5.82 Å². The van der Waals surface area contributed by atoms with Crippen LogP contribution in [0, 0.1) is 5.82 Å². The molecule has 0 aliphatic heterocycles. The lowest BCUT2D eigenvalue weighted by Gasteiger charge is -2.00. The molecule has 0 aliphatic carbocycles. The molecule has 0 atom stereocenters. The van der Waals surface area contributed by atoms with Crippen LogP contribution >= 0.6 is 27.5 Å². The van der Waals surface area contributed by atoms with Gasteiger partial charge in [0.2, 0.25) is 0 Å². The molecule has 0 aliphatic rings. The Morgan fingerprint density at radius 1 is 1.75 bits per heavy atom. The van der Waals surface area contributed by atoms with E-state index in [1.54, 1.807) is 0 Å². The molecule has 12 heavy (non-hydrogen) atoms. The number of hydrogen-bond donors (Lipinski definition) is 1. The molecule has 1 aromatic rings. The summed E-state index contributed by atoms with van der Waals surface area (Å²) < 4.78 is 12.8. The van der Waals surface area contributed by atoms with Crippen molar-refractivity contribution >= 4 is 33.5 Å². The first kappa shape index (κ1) is 9.41. The predicted molar refractivity (Wildman–Crippen MR) is 43.9 cm³/mol. The summed E-state index contributed by atoms with van der Waals surface area (Å²) in [6.45, 7) is 0. The van der Waals surface area contributed by atoms with Crippen LogP contribution in [0.2, 0.25) is 5.02 Å². The van der Waals surface area contributed by atoms with Gasteiger partial charge >= 0.3 is 5.97 Å². The second kappa shape index (κ2) is 3.37. The molecule has 3 nitrogen and oxygen atoms in total. The van der Waals surface area contributed by atoms with E-state index in [0.29, 0.717) is 0 Å². The fourth-order valence-electron chi connectivity index (χ4n) is 0.639. The summed E-state index contributed by atoms with van der Waals surface area (Å²) in [6, 6.07) is 0. The van der Waals surface area contributed by atoms with Crippen LogP contribution in [0.15, 0.2) is 10.8 Å². The van der Waals surface area contributed by atoms with Gasteiger partial charge in [0.1, 0.15) is 10.2 Å². The minimum Gasteiger partial charge on any atom is -0.478 e. The maximum Gasteiger partial charge on any atom is 0.340 e. The van der Waals surface area contributed by atoms with Crippen molar-refractivity contribution in [2.24, 2.45) is 0 Å². The maximum atomic E-state index is 12.7. The van der Waals surface area contributed by atoms with Crippen molar-refractivity contribution in [2.75, 3.05) is 0 Å². The van der Waals surface area contributed by atoms with Crippen molar-refractivity contribution in [1.29, 1.82) is 0 Å². The van der Waals surface area contributed by atoms with E-state index in [1.807, 2.05) is 0 Å². The van der Waals surface area contributed by atoms with E-state index in [4.69, 9.17) is 16.7 Å². The van der Waals surface area contributed by atoms with Crippen LogP contribution in [0.25, 0.3) is 0 Å². The Kier molecular flexibility index (Phi) is 2.64. The lowest BCUT2D eigenvalue weighted by atomic mass is 10.2. The third-order valence-corrected chi connectivity index (χ3v) is 2.34. The normalized spacial score (nSPS) is 9.92. The summed E-state index contributed by atoms with van der Waals surface area (Å²) in [6.07, 6.45) is 0.791. The number of hydrogen-bond acceptors (Lipinski definition) is 2. The molecule has 0 saturated heterocycles. The summed E-state index contributed by atoms with van der Waals surface area (Å²) in [5, 5.41) is 8.26. The molecule has 1 heterocycles. The van der Waals surface area contributed by atoms with Crippen LogP contribution in [0.5, 0.6) is 0 Å². The van der Waals surface area contributed by atoms with E-state index >= 15 is 0 Å². The van der Waals surface area contributed by atoms with Gasteiger partial charge < -0.3 is 5.11 Å². The number of aromatic carboxylic acids is 1. The zero-order valence-corrected chi connectivity index (χ0v) is 7.86. The fraction of sp³-hybridized carbons (Fsp3) is 0. The Bertz CT molecular complexity index is 345. The number of carboxylic acids is 1. The average molecular weight is 254 g/mol. The summed E-state index contributed by atoms with van der Waals surface area (Å²) in [5.74, 6) is -2.36. The standard InChI is InChI=1S/C6H2BrClFNO2/c7-5-4(8)3(6(11)12)2(9)1-10-5/h1H,(H,11,12). The monoisotopic (exact) mass is 253 g/mol. The molecule has 1 aromatic heterocycles. The zero-order valence-electron chi connectivity index (χ0n) is 5.51. The molecule has 0 bridgehead atoms. The van der Waals surface area contributed by atoms with E-state index in [2.05, 4.69) is 20.9 Å². The number of carboxylic acid groups (broad SMARTS) is 1. The highest BCUT2D eigenvalue weighted by Crippen LogP contribution is 2.25. The highest BCUT2D eigenvalue weighted by Gasteiger charge is 2.17. The Hall–Kier alpha value is -0.680. The Morgan fingerprint density at radius 2 is 2.33 bits per heavy atom. The van der Waals surface area contributed by atoms with Crippen molar-refractivity contribution < 1.29 is 14.3 Å². The van der Waals surface area contributed by atoms with Crippen LogP contribution in [0.3, 0.4) is 0 Å². The van der Waals surface area contributed by atoms with E-state index < -0.39 is 17.3 Å². The first-order chi connectivity index (χ1) is 5.54. The Labute approximate surface area is 80.3 Å². The topological polar surface area (TPSA) is 50.2 Å². The minimum absolute atomic E-state index is 0.114. The number of aromatic nitrogens is 1. The predicted octanol–water partition coefficient (Wildman–Crippen LogP) is 2.33. The molecule has 0 fully saturated rings. The van der Waals surface area contributed by atoms with Crippen LogP contribution in [-0.4, -0.2) is 16.1 Å². The molecule has 6 heteroatoms. The molecule has 0 aromatic carbocycles. The molecule has 1 rings (SSSR count). The molecule has 1 N–H and O–H groups in total. The third-order valence-electron chi connectivity index (χ3n) is 1.14. The van der Waals surface area contributed by atoms with Crippen LogP contribution in [-0.2, 0) is 0 Å². The number of pyridine rings is 1. The molecule has 0 radical (unpaired) electrons. The van der Waals surface area contributed by atoms with Gasteiger partial charge in [-0.05, 0) is 15.9 Å². The number of rotatable bonds is 1. The van der Waals surface area contributed by atoms with Crippen LogP contribution < -0.4 is 0 Å². The largest absolute Gasteiger partial charge is 0.478 e. The molecule has 0 unspecified atom stereocenters. The smallest absolute Gasteiger partial charge is 0.340 e. The third kappa shape index (κ3) is 1.56. The van der Waals surface area contributed by atoms with Gasteiger partial charge in [-0.15, -0.1) is 0 Å². The highest BCUT2D eigenvalue weighted by molar-refractivity contribution is 9.10. The minimum atomic E-state index is -1.42. The summed E-state index contributed by atoms with van der Waals surface area (Å²) >= 11 is 8.34. The zero-order chi connectivity index (χ0) is 9.30. The quantitative estimate of drug-likeness (QED) is 0.783. The van der Waals surface area contributed by atoms with Gasteiger partial charge in [-0.25, -0.2) is 14.2 Å². The SMILES string of the molecule is O=C(O)c1c(F)cnc(Br)c1Cl. The van der Waals surface area contributed by atoms with E-state index in [9.17, 15) is 9.18 Å². The summed E-state index contributed by atoms with van der Waals surface area (Å²) in [5.41, 5.74) is -0.571. The van der Waals surface area contributed by atoms with E-state index in [-0.39, 0.29) is 9.63 Å². The van der Waals surface area contributed by atoms with Crippen molar-refractivity contribution in [3.63, 3.8) is 0 Å². The van der Waals surface area contributed by atoms with Crippen LogP contribution in [0.1, 0.15) is 10.4 Å². The van der Waals surface area contributed by atoms with Gasteiger partial charge in [-0.3, -0.25) is 0 Å². The van der Waals surface area contributed by atoms with Crippen molar-refractivity contribution in [2.45, 2.75) is 0 Å². The van der Waals surface area contributed by atoms with E-state index in [1.165, 1.54) is 0 Å². The van der Waals surface area contributed by atoms with Gasteiger partial charge in [-0.1, -0.05) is 11.6 Å². The van der Waals surface area contributed by atoms with Gasteiger partial charge in [0, 0.05) is 0 Å². The molecule has 64 valence electrons. The first-order valence-corrected chi connectivity index (χ1v) is 3.94. The molecular formula is C6H2BrClFNO2. The van der Waals surface area contributed by atoms with Crippen molar-refractivity contribution in [1.82, 2.24) is 4.98 Å². The number of nitrogens with zero attached hydrogens (tertiary/aromatic N) is 1. The van der Waals surface area contributed by atoms with Crippen LogP contribution in [0.4, 0.5) is 4.39 Å². The van der Waals surface area contributed by atoms with Crippen molar-refractivity contribution in [3.8, 4) is 0 Å². The van der Waals surface area contributed by atoms with Gasteiger partial charge in [-0.2, -0.15) is 0 Å². The second-order valence-electron chi connectivity index (χ2n) is 1.89. The molecule has 0 spiro atoms. The first-order valence-electron chi connectivity index (χ1n) is 2.77. The van der Waals surface area contributed by atoms with Crippen molar-refractivity contribution in [3.05, 3.63) is 27.2 Å². The van der Waals surface area contributed by atoms with E-state index in [0.717, 1.165) is 6.20 Å². The maximum absolute atomic E-state index is 12.7. The highest BCUT2D eigenvalue weighted by atomic mass is 79.9. The molecular weight excluding hydrogens is 252 g/mol. The summed E-state index contributed by atoms with van der Waals surface area (Å²) in [4.78, 5) is 13.9. The Balaban J connectivity index is 3.43. The Morgan fingerprint density at radius 3 is 2.75 bits per heavy atom. The number of halogens is 3.